The summed E-state index contributed by atoms with van der Waals surface area (Å²) in [6.07, 6.45) is 0.265. The highest BCUT2D eigenvalue weighted by atomic mass is 32.1. The lowest BCUT2D eigenvalue weighted by Crippen LogP contribution is -2.59. The Labute approximate surface area is 198 Å². The van der Waals surface area contributed by atoms with Gasteiger partial charge in [0.2, 0.25) is 11.8 Å². The van der Waals surface area contributed by atoms with Gasteiger partial charge in [-0.25, -0.2) is 14.6 Å². The van der Waals surface area contributed by atoms with E-state index in [4.69, 9.17) is 5.11 Å². The smallest absolute Gasteiger partial charge is 0.335 e. The number of carboxylic acid groups (broad SMARTS) is 1. The molecule has 2 aliphatic rings. The Morgan fingerprint density at radius 3 is 2.44 bits per heavy atom. The predicted octanol–water partition coefficient (Wildman–Crippen LogP) is 1.16. The molecule has 1 aromatic carbocycles. The summed E-state index contributed by atoms with van der Waals surface area (Å²) >= 11 is 1.42. The molecule has 0 unspecified atom stereocenters. The molecule has 3 atom stereocenters. The van der Waals surface area contributed by atoms with E-state index in [-0.39, 0.29) is 30.5 Å². The molecule has 0 aliphatic carbocycles. The molecule has 4 rings (SSSR count). The molecule has 178 valence electrons. The van der Waals surface area contributed by atoms with Crippen LogP contribution in [0, 0.1) is 6.92 Å². The minimum Gasteiger partial charge on any atom is -0.478 e. The zero-order chi connectivity index (χ0) is 24.6. The number of carboxylic acids is 1. The molecular weight excluding hydrogens is 462 g/mol. The van der Waals surface area contributed by atoms with E-state index < -0.39 is 35.9 Å². The number of benzene rings is 1. The molecule has 1 aromatic heterocycles. The maximum absolute atomic E-state index is 13.3. The van der Waals surface area contributed by atoms with Gasteiger partial charge in [0.1, 0.15) is 11.0 Å². The fraction of sp³-hybridized carbons (Fsp3) is 0.364. The van der Waals surface area contributed by atoms with Crippen LogP contribution in [0.2, 0.25) is 0 Å². The summed E-state index contributed by atoms with van der Waals surface area (Å²) in [4.78, 5) is 68.1. The lowest BCUT2D eigenvalue weighted by molar-refractivity contribution is -0.134. The van der Waals surface area contributed by atoms with Gasteiger partial charge in [-0.3, -0.25) is 19.3 Å². The van der Waals surface area contributed by atoms with Crippen molar-refractivity contribution in [3.05, 3.63) is 51.5 Å². The van der Waals surface area contributed by atoms with E-state index in [1.807, 2.05) is 12.3 Å². The van der Waals surface area contributed by atoms with Gasteiger partial charge in [0, 0.05) is 36.3 Å². The van der Waals surface area contributed by atoms with Crippen molar-refractivity contribution in [2.45, 2.75) is 37.9 Å². The molecule has 12 heteroatoms. The number of hydrogen-bond donors (Lipinski definition) is 3. The monoisotopic (exact) mass is 485 g/mol. The first-order valence-electron chi connectivity index (χ1n) is 10.6. The van der Waals surface area contributed by atoms with E-state index in [9.17, 15) is 24.0 Å². The minimum atomic E-state index is -1.08. The third-order valence-corrected chi connectivity index (χ3v) is 6.94. The molecule has 0 bridgehead atoms. The van der Waals surface area contributed by atoms with Crippen molar-refractivity contribution >= 4 is 41.1 Å². The molecule has 0 radical (unpaired) electrons. The number of nitrogens with one attached hydrogen (secondary N) is 2. The number of imide groups is 1. The SMILES string of the molecule is Cc1csc([C@@H]2C[C@H](NC(=O)[C@@H]3CC(=O)N(C)C(=O)N3)CN2C(=O)c2ccc(C(=O)O)cc2)n1. The Morgan fingerprint density at radius 2 is 1.85 bits per heavy atom. The third-order valence-electron chi connectivity index (χ3n) is 5.88. The first-order chi connectivity index (χ1) is 16.1. The Balaban J connectivity index is 1.52. The summed E-state index contributed by atoms with van der Waals surface area (Å²) in [6, 6.07) is 3.23. The Kier molecular flexibility index (Phi) is 6.33. The fourth-order valence-electron chi connectivity index (χ4n) is 4.03. The third kappa shape index (κ3) is 4.62. The zero-order valence-electron chi connectivity index (χ0n) is 18.5. The number of carbonyl (C=O) groups is 5. The van der Waals surface area contributed by atoms with Crippen LogP contribution in [0.4, 0.5) is 4.79 Å². The number of aromatic carboxylic acids is 1. The number of likely N-dealkylation sites (tertiary alicyclic amines) is 1. The molecule has 3 heterocycles. The van der Waals surface area contributed by atoms with E-state index in [0.717, 1.165) is 15.6 Å². The number of nitrogens with zero attached hydrogens (tertiary/aromatic N) is 3. The van der Waals surface area contributed by atoms with Gasteiger partial charge in [0.25, 0.3) is 5.91 Å². The number of amides is 5. The molecule has 5 amide bonds. The Hall–Kier alpha value is -3.80. The fourth-order valence-corrected chi connectivity index (χ4v) is 4.95. The number of thiazole rings is 1. The van der Waals surface area contributed by atoms with Gasteiger partial charge in [0.15, 0.2) is 0 Å². The summed E-state index contributed by atoms with van der Waals surface area (Å²) in [5.74, 6) is -2.34. The van der Waals surface area contributed by atoms with E-state index in [0.29, 0.717) is 12.0 Å². The van der Waals surface area contributed by atoms with E-state index in [2.05, 4.69) is 15.6 Å². The number of rotatable bonds is 5. The number of urea groups is 1. The van der Waals surface area contributed by atoms with Crippen molar-refractivity contribution in [1.82, 2.24) is 25.4 Å². The van der Waals surface area contributed by atoms with Crippen molar-refractivity contribution in [3.63, 3.8) is 0 Å². The highest BCUT2D eigenvalue weighted by Gasteiger charge is 2.41. The number of carbonyl (C=O) groups excluding carboxylic acids is 4. The van der Waals surface area contributed by atoms with Crippen molar-refractivity contribution in [1.29, 1.82) is 0 Å². The molecule has 0 saturated carbocycles. The second-order valence-corrected chi connectivity index (χ2v) is 9.17. The lowest BCUT2D eigenvalue weighted by atomic mass is 10.1. The van der Waals surface area contributed by atoms with Crippen molar-refractivity contribution in [2.75, 3.05) is 13.6 Å². The summed E-state index contributed by atoms with van der Waals surface area (Å²) in [6.45, 7) is 2.05. The van der Waals surface area contributed by atoms with Crippen molar-refractivity contribution in [2.24, 2.45) is 0 Å². The van der Waals surface area contributed by atoms with Gasteiger partial charge >= 0.3 is 12.0 Å². The molecular formula is C22H23N5O6S. The average Bonchev–Trinajstić information content (AvgIpc) is 3.42. The van der Waals surface area contributed by atoms with Crippen LogP contribution in [-0.4, -0.2) is 75.3 Å². The highest BCUT2D eigenvalue weighted by molar-refractivity contribution is 7.09. The standard InChI is InChI=1S/C22H23N5O6S/c1-11-10-34-19(23-11)16-7-14(24-18(29)15-8-17(28)26(2)22(33)25-15)9-27(16)20(30)12-3-5-13(6-4-12)21(31)32/h3-6,10,14-16H,7-9H2,1-2H3,(H,24,29)(H,25,33)(H,31,32)/t14-,15-,16-/m0/s1. The highest BCUT2D eigenvalue weighted by Crippen LogP contribution is 2.35. The van der Waals surface area contributed by atoms with Gasteiger partial charge < -0.3 is 20.6 Å². The summed E-state index contributed by atoms with van der Waals surface area (Å²) in [5, 5.41) is 17.1. The summed E-state index contributed by atoms with van der Waals surface area (Å²) < 4.78 is 0. The van der Waals surface area contributed by atoms with Crippen molar-refractivity contribution in [3.8, 4) is 0 Å². The Bertz CT molecular complexity index is 1140. The lowest BCUT2D eigenvalue weighted by Gasteiger charge is -2.28. The molecule has 2 aromatic rings. The largest absolute Gasteiger partial charge is 0.478 e. The van der Waals surface area contributed by atoms with Crippen LogP contribution in [0.15, 0.2) is 29.6 Å². The Morgan fingerprint density at radius 1 is 1.18 bits per heavy atom. The van der Waals surface area contributed by atoms with Crippen LogP contribution >= 0.6 is 11.3 Å². The summed E-state index contributed by atoms with van der Waals surface area (Å²) in [5.41, 5.74) is 1.21. The van der Waals surface area contributed by atoms with Gasteiger partial charge in [-0.05, 0) is 37.6 Å². The molecule has 2 saturated heterocycles. The van der Waals surface area contributed by atoms with E-state index in [1.165, 1.54) is 42.6 Å². The number of aryl methyl sites for hydroxylation is 1. The maximum atomic E-state index is 13.3. The first-order valence-corrected chi connectivity index (χ1v) is 11.5. The van der Waals surface area contributed by atoms with Crippen LogP contribution in [0.5, 0.6) is 0 Å². The molecule has 11 nitrogen and oxygen atoms in total. The minimum absolute atomic E-state index is 0.0740. The van der Waals surface area contributed by atoms with Crippen LogP contribution in [0.1, 0.15) is 50.3 Å². The second kappa shape index (κ2) is 9.21. The molecule has 3 N–H and O–H groups in total. The number of hydrogen-bond acceptors (Lipinski definition) is 7. The van der Waals surface area contributed by atoms with Gasteiger partial charge in [-0.15, -0.1) is 11.3 Å². The molecule has 34 heavy (non-hydrogen) atoms. The van der Waals surface area contributed by atoms with Gasteiger partial charge in [0.05, 0.1) is 18.0 Å². The van der Waals surface area contributed by atoms with E-state index in [1.54, 1.807) is 4.90 Å². The van der Waals surface area contributed by atoms with Crippen molar-refractivity contribution < 1.29 is 29.1 Å². The molecule has 2 aliphatic heterocycles. The van der Waals surface area contributed by atoms with Crippen LogP contribution in [0.25, 0.3) is 0 Å². The predicted molar refractivity (Wildman–Crippen MR) is 120 cm³/mol. The van der Waals surface area contributed by atoms with Gasteiger partial charge in [-0.1, -0.05) is 0 Å². The summed E-state index contributed by atoms with van der Waals surface area (Å²) in [7, 11) is 1.34. The molecule has 2 fully saturated rings. The maximum Gasteiger partial charge on any atom is 0.335 e. The van der Waals surface area contributed by atoms with Crippen LogP contribution in [-0.2, 0) is 9.59 Å². The average molecular weight is 486 g/mol. The topological polar surface area (TPSA) is 149 Å². The van der Waals surface area contributed by atoms with Gasteiger partial charge in [-0.2, -0.15) is 0 Å². The van der Waals surface area contributed by atoms with Crippen LogP contribution in [0.3, 0.4) is 0 Å². The quantitative estimate of drug-likeness (QED) is 0.575. The molecule has 0 spiro atoms. The second-order valence-electron chi connectivity index (χ2n) is 8.28. The van der Waals surface area contributed by atoms with E-state index >= 15 is 0 Å². The normalized spacial score (nSPS) is 22.5. The van der Waals surface area contributed by atoms with Crippen LogP contribution < -0.4 is 10.6 Å². The first kappa shape index (κ1) is 23.4. The number of aromatic nitrogens is 1. The zero-order valence-corrected chi connectivity index (χ0v) is 19.3.